The van der Waals surface area contributed by atoms with Crippen LogP contribution in [0.25, 0.3) is 0 Å². The van der Waals surface area contributed by atoms with Crippen molar-refractivity contribution >= 4 is 11.9 Å². The molecule has 1 aromatic carbocycles. The van der Waals surface area contributed by atoms with Crippen LogP contribution in [0.2, 0.25) is 0 Å². The molecule has 1 heterocycles. The predicted molar refractivity (Wildman–Crippen MR) is 94.6 cm³/mol. The highest BCUT2D eigenvalue weighted by Gasteiger charge is 2.46. The quantitative estimate of drug-likeness (QED) is 0.861. The Bertz CT molecular complexity index is 621. The molecule has 0 bridgehead atoms. The summed E-state index contributed by atoms with van der Waals surface area (Å²) in [6.07, 6.45) is 6.03. The molecular formula is C20H27NO4. The number of hydrogen-bond acceptors (Lipinski definition) is 3. The standard InChI is InChI=1S/C20H27NO4/c1-25-14-20(9-3-10-20)19(24)21-11-2-4-16(13-21)12-15-5-7-17(8-6-15)18(22)23/h5-8,16H,2-4,9-14H2,1H3,(H,22,23)/t16-/m0/s1. The number of nitrogens with zero attached hydrogens (tertiary/aromatic N) is 1. The van der Waals surface area contributed by atoms with Crippen molar-refractivity contribution in [2.45, 2.75) is 38.5 Å². The number of piperidine rings is 1. The average Bonchev–Trinajstić information content (AvgIpc) is 2.58. The van der Waals surface area contributed by atoms with Crippen molar-refractivity contribution in [2.24, 2.45) is 11.3 Å². The second-order valence-electron chi connectivity index (χ2n) is 7.53. The first-order valence-electron chi connectivity index (χ1n) is 9.15. The van der Waals surface area contributed by atoms with Crippen molar-refractivity contribution in [1.82, 2.24) is 4.90 Å². The van der Waals surface area contributed by atoms with Gasteiger partial charge < -0.3 is 14.7 Å². The number of ether oxygens (including phenoxy) is 1. The third-order valence-electron chi connectivity index (χ3n) is 5.72. The topological polar surface area (TPSA) is 66.8 Å². The molecule has 1 aliphatic carbocycles. The summed E-state index contributed by atoms with van der Waals surface area (Å²) in [5, 5.41) is 8.99. The van der Waals surface area contributed by atoms with Crippen molar-refractivity contribution in [1.29, 1.82) is 0 Å². The first-order valence-corrected chi connectivity index (χ1v) is 9.15. The Labute approximate surface area is 149 Å². The van der Waals surface area contributed by atoms with Crippen molar-refractivity contribution < 1.29 is 19.4 Å². The van der Waals surface area contributed by atoms with E-state index in [9.17, 15) is 9.59 Å². The first-order chi connectivity index (χ1) is 12.0. The number of carboxylic acids is 1. The molecule has 1 aromatic rings. The van der Waals surface area contributed by atoms with Crippen molar-refractivity contribution in [3.05, 3.63) is 35.4 Å². The van der Waals surface area contributed by atoms with E-state index < -0.39 is 5.97 Å². The second-order valence-corrected chi connectivity index (χ2v) is 7.53. The van der Waals surface area contributed by atoms with Crippen LogP contribution in [0, 0.1) is 11.3 Å². The molecule has 3 rings (SSSR count). The maximum atomic E-state index is 13.0. The summed E-state index contributed by atoms with van der Waals surface area (Å²) in [4.78, 5) is 26.0. The van der Waals surface area contributed by atoms with Gasteiger partial charge in [-0.3, -0.25) is 4.79 Å². The maximum Gasteiger partial charge on any atom is 0.335 e. The summed E-state index contributed by atoms with van der Waals surface area (Å²) in [6, 6.07) is 7.10. The zero-order chi connectivity index (χ0) is 17.9. The molecule has 136 valence electrons. The van der Waals surface area contributed by atoms with E-state index in [2.05, 4.69) is 0 Å². The molecule has 0 unspecified atom stereocenters. The largest absolute Gasteiger partial charge is 0.478 e. The van der Waals surface area contributed by atoms with Crippen LogP contribution < -0.4 is 0 Å². The van der Waals surface area contributed by atoms with Gasteiger partial charge in [0.2, 0.25) is 5.91 Å². The van der Waals surface area contributed by atoms with E-state index in [1.54, 1.807) is 19.2 Å². The third kappa shape index (κ3) is 3.87. The lowest BCUT2D eigenvalue weighted by Crippen LogP contribution is -2.53. The number of methoxy groups -OCH3 is 1. The van der Waals surface area contributed by atoms with Crippen molar-refractivity contribution in [3.8, 4) is 0 Å². The molecular weight excluding hydrogens is 318 g/mol. The Morgan fingerprint density at radius 1 is 1.24 bits per heavy atom. The van der Waals surface area contributed by atoms with Gasteiger partial charge in [-0.25, -0.2) is 4.79 Å². The van der Waals surface area contributed by atoms with Crippen LogP contribution in [0.15, 0.2) is 24.3 Å². The SMILES string of the molecule is COCC1(C(=O)N2CCC[C@@H](Cc3ccc(C(=O)O)cc3)C2)CCC1. The van der Waals surface area contributed by atoms with E-state index in [0.717, 1.165) is 57.2 Å². The minimum absolute atomic E-state index is 0.270. The number of benzene rings is 1. The number of likely N-dealkylation sites (tertiary alicyclic amines) is 1. The minimum Gasteiger partial charge on any atom is -0.478 e. The zero-order valence-corrected chi connectivity index (χ0v) is 14.9. The summed E-state index contributed by atoms with van der Waals surface area (Å²) >= 11 is 0. The minimum atomic E-state index is -0.898. The molecule has 0 radical (unpaired) electrons. The lowest BCUT2D eigenvalue weighted by molar-refractivity contribution is -0.154. The predicted octanol–water partition coefficient (Wildman–Crippen LogP) is 2.98. The van der Waals surface area contributed by atoms with Crippen LogP contribution in [0.3, 0.4) is 0 Å². The van der Waals surface area contributed by atoms with Crippen LogP contribution in [0.5, 0.6) is 0 Å². The van der Waals surface area contributed by atoms with Crippen LogP contribution in [0.4, 0.5) is 0 Å². The van der Waals surface area contributed by atoms with Gasteiger partial charge in [-0.1, -0.05) is 18.6 Å². The van der Waals surface area contributed by atoms with Crippen molar-refractivity contribution in [2.75, 3.05) is 26.8 Å². The normalized spacial score (nSPS) is 22.3. The Kier molecular flexibility index (Phi) is 5.42. The maximum absolute atomic E-state index is 13.0. The summed E-state index contributed by atoms with van der Waals surface area (Å²) < 4.78 is 5.32. The van der Waals surface area contributed by atoms with Gasteiger partial charge in [0.25, 0.3) is 0 Å². The number of hydrogen-bond donors (Lipinski definition) is 1. The van der Waals surface area contributed by atoms with Crippen LogP contribution >= 0.6 is 0 Å². The molecule has 0 spiro atoms. The molecule has 1 aliphatic heterocycles. The van der Waals surface area contributed by atoms with Gasteiger partial charge in [0.05, 0.1) is 17.6 Å². The molecule has 1 saturated carbocycles. The summed E-state index contributed by atoms with van der Waals surface area (Å²) in [5.74, 6) is -0.190. The van der Waals surface area contributed by atoms with Gasteiger partial charge in [-0.2, -0.15) is 0 Å². The summed E-state index contributed by atoms with van der Waals surface area (Å²) in [7, 11) is 1.67. The lowest BCUT2D eigenvalue weighted by atomic mass is 9.68. The third-order valence-corrected chi connectivity index (χ3v) is 5.72. The van der Waals surface area contributed by atoms with E-state index in [1.807, 2.05) is 17.0 Å². The van der Waals surface area contributed by atoms with Gasteiger partial charge >= 0.3 is 5.97 Å². The summed E-state index contributed by atoms with van der Waals surface area (Å²) in [6.45, 7) is 2.17. The molecule has 2 aliphatic rings. The van der Waals surface area contributed by atoms with E-state index in [4.69, 9.17) is 9.84 Å². The monoisotopic (exact) mass is 345 g/mol. The van der Waals surface area contributed by atoms with Crippen LogP contribution in [-0.4, -0.2) is 48.7 Å². The molecule has 5 nitrogen and oxygen atoms in total. The van der Waals surface area contributed by atoms with E-state index in [1.165, 1.54) is 0 Å². The van der Waals surface area contributed by atoms with Gasteiger partial charge in [0.1, 0.15) is 0 Å². The van der Waals surface area contributed by atoms with Crippen molar-refractivity contribution in [3.63, 3.8) is 0 Å². The van der Waals surface area contributed by atoms with E-state index in [0.29, 0.717) is 18.1 Å². The number of aromatic carboxylic acids is 1. The molecule has 2 fully saturated rings. The highest BCUT2D eigenvalue weighted by Crippen LogP contribution is 2.43. The molecule has 5 heteroatoms. The lowest BCUT2D eigenvalue weighted by Gasteiger charge is -2.45. The fourth-order valence-corrected chi connectivity index (χ4v) is 4.17. The van der Waals surface area contributed by atoms with Gasteiger partial charge in [-0.15, -0.1) is 0 Å². The van der Waals surface area contributed by atoms with E-state index in [-0.39, 0.29) is 11.3 Å². The van der Waals surface area contributed by atoms with E-state index >= 15 is 0 Å². The zero-order valence-electron chi connectivity index (χ0n) is 14.9. The molecule has 1 saturated heterocycles. The number of carbonyl (C=O) groups is 2. The Balaban J connectivity index is 1.61. The molecule has 25 heavy (non-hydrogen) atoms. The number of carbonyl (C=O) groups excluding carboxylic acids is 1. The molecule has 1 atom stereocenters. The van der Waals surface area contributed by atoms with Crippen LogP contribution in [0.1, 0.15) is 48.0 Å². The van der Waals surface area contributed by atoms with Gasteiger partial charge in [0, 0.05) is 20.2 Å². The number of amides is 1. The molecule has 1 amide bonds. The fourth-order valence-electron chi connectivity index (χ4n) is 4.17. The molecule has 1 N–H and O–H groups in total. The van der Waals surface area contributed by atoms with Gasteiger partial charge in [-0.05, 0) is 55.7 Å². The first kappa shape index (κ1) is 17.9. The van der Waals surface area contributed by atoms with Gasteiger partial charge in [0.15, 0.2) is 0 Å². The number of rotatable bonds is 6. The number of carboxylic acid groups (broad SMARTS) is 1. The summed E-state index contributed by atoms with van der Waals surface area (Å²) in [5.41, 5.74) is 1.18. The smallest absolute Gasteiger partial charge is 0.335 e. The Morgan fingerprint density at radius 3 is 2.52 bits per heavy atom. The van der Waals surface area contributed by atoms with Crippen LogP contribution in [-0.2, 0) is 16.0 Å². The average molecular weight is 345 g/mol. The Morgan fingerprint density at radius 2 is 1.96 bits per heavy atom. The Hall–Kier alpha value is -1.88. The highest BCUT2D eigenvalue weighted by molar-refractivity contribution is 5.87. The fraction of sp³-hybridized carbons (Fsp3) is 0.600. The second kappa shape index (κ2) is 7.56. The highest BCUT2D eigenvalue weighted by atomic mass is 16.5. The molecule has 0 aromatic heterocycles.